The third-order valence-corrected chi connectivity index (χ3v) is 7.17. The van der Waals surface area contributed by atoms with Crippen LogP contribution in [0.3, 0.4) is 0 Å². The quantitative estimate of drug-likeness (QED) is 0.393. The lowest BCUT2D eigenvalue weighted by Crippen LogP contribution is -2.25. The number of carbonyl (C=O) groups excluding carboxylic acids is 1. The maximum Gasteiger partial charge on any atom is 0.417 e. The van der Waals surface area contributed by atoms with Crippen LogP contribution >= 0.6 is 0 Å². The van der Waals surface area contributed by atoms with Crippen molar-refractivity contribution in [1.82, 2.24) is 4.57 Å². The first-order valence-electron chi connectivity index (χ1n) is 11.9. The van der Waals surface area contributed by atoms with Crippen molar-refractivity contribution >= 4 is 11.6 Å². The number of hydrogen-bond donors (Lipinski definition) is 3. The van der Waals surface area contributed by atoms with Crippen molar-refractivity contribution in [2.45, 2.75) is 50.5 Å². The molecule has 1 saturated heterocycles. The Morgan fingerprint density at radius 2 is 1.84 bits per heavy atom. The van der Waals surface area contributed by atoms with E-state index >= 15 is 0 Å². The zero-order chi connectivity index (χ0) is 27.5. The van der Waals surface area contributed by atoms with Crippen LogP contribution in [0.2, 0.25) is 0 Å². The first-order chi connectivity index (χ1) is 17.9. The Hall–Kier alpha value is -4.17. The molecule has 0 spiro atoms. The lowest BCUT2D eigenvalue weighted by molar-refractivity contribution is -0.137. The standard InChI is InChI=1S/C27H24F3N3O5/c1-15(34)32-17-4-7-19(8-5-17)37-12-11-26-10-9-25(2,38-26)21-22(26)24(36)33(23(21)35)18-6-3-16(14-31)20(13-18)27(28,29)30/h3-8,13,35-36H,9-12H2,1-2H3,(H,32,34)/t25-,26-/m0/s1. The Morgan fingerprint density at radius 1 is 1.16 bits per heavy atom. The average molecular weight is 527 g/mol. The maximum absolute atomic E-state index is 13.6. The van der Waals surface area contributed by atoms with E-state index in [9.17, 15) is 28.2 Å². The first kappa shape index (κ1) is 25.5. The minimum absolute atomic E-state index is 0.130. The fourth-order valence-electron chi connectivity index (χ4n) is 5.53. The SMILES string of the molecule is CC(=O)Nc1ccc(OCC[C@]23CC[C@](C)(O2)c2c3c(O)n(-c3ccc(C#N)c(C(F)(F)F)c3)c2O)cc1. The number of aromatic hydroxyl groups is 2. The number of nitrogens with zero attached hydrogens (tertiary/aromatic N) is 2. The maximum atomic E-state index is 13.6. The largest absolute Gasteiger partial charge is 0.494 e. The number of ether oxygens (including phenoxy) is 2. The predicted molar refractivity (Wildman–Crippen MR) is 129 cm³/mol. The zero-order valence-corrected chi connectivity index (χ0v) is 20.5. The van der Waals surface area contributed by atoms with E-state index in [1.807, 2.05) is 0 Å². The fourth-order valence-corrected chi connectivity index (χ4v) is 5.53. The van der Waals surface area contributed by atoms with E-state index in [1.165, 1.54) is 19.1 Å². The molecule has 8 nitrogen and oxygen atoms in total. The van der Waals surface area contributed by atoms with Crippen LogP contribution in [-0.2, 0) is 26.9 Å². The Bertz CT molecular complexity index is 1480. The van der Waals surface area contributed by atoms with E-state index in [0.717, 1.165) is 16.7 Å². The van der Waals surface area contributed by atoms with Gasteiger partial charge in [0.1, 0.15) is 11.4 Å². The van der Waals surface area contributed by atoms with Crippen LogP contribution in [0, 0.1) is 11.3 Å². The van der Waals surface area contributed by atoms with E-state index in [4.69, 9.17) is 14.7 Å². The Morgan fingerprint density at radius 3 is 2.47 bits per heavy atom. The molecular formula is C27H24F3N3O5. The summed E-state index contributed by atoms with van der Waals surface area (Å²) in [7, 11) is 0. The van der Waals surface area contributed by atoms with Crippen molar-refractivity contribution in [3.05, 3.63) is 64.7 Å². The van der Waals surface area contributed by atoms with Gasteiger partial charge in [-0.1, -0.05) is 0 Å². The van der Waals surface area contributed by atoms with Crippen molar-refractivity contribution in [3.8, 4) is 29.3 Å². The van der Waals surface area contributed by atoms with Crippen LogP contribution in [0.1, 0.15) is 55.4 Å². The van der Waals surface area contributed by atoms with Gasteiger partial charge in [0.2, 0.25) is 17.7 Å². The van der Waals surface area contributed by atoms with E-state index in [0.29, 0.717) is 41.8 Å². The van der Waals surface area contributed by atoms with Crippen LogP contribution in [0.15, 0.2) is 42.5 Å². The van der Waals surface area contributed by atoms with Gasteiger partial charge >= 0.3 is 6.18 Å². The van der Waals surface area contributed by atoms with Crippen LogP contribution < -0.4 is 10.1 Å². The minimum atomic E-state index is -4.80. The van der Waals surface area contributed by atoms with Crippen molar-refractivity contribution < 1.29 is 37.7 Å². The molecule has 1 amide bonds. The molecular weight excluding hydrogens is 503 g/mol. The number of halogens is 3. The van der Waals surface area contributed by atoms with Crippen molar-refractivity contribution in [2.75, 3.05) is 11.9 Å². The number of alkyl halides is 3. The number of aromatic nitrogens is 1. The van der Waals surface area contributed by atoms with E-state index < -0.39 is 40.3 Å². The number of carbonyl (C=O) groups is 1. The van der Waals surface area contributed by atoms with Gasteiger partial charge in [-0.3, -0.25) is 9.36 Å². The summed E-state index contributed by atoms with van der Waals surface area (Å²) in [5, 5.41) is 34.1. The van der Waals surface area contributed by atoms with Gasteiger partial charge in [0.25, 0.3) is 0 Å². The number of anilines is 1. The molecule has 2 aliphatic heterocycles. The van der Waals surface area contributed by atoms with E-state index in [1.54, 1.807) is 31.2 Å². The van der Waals surface area contributed by atoms with Gasteiger partial charge in [-0.15, -0.1) is 0 Å². The molecule has 0 radical (unpaired) electrons. The highest BCUT2D eigenvalue weighted by atomic mass is 19.4. The second kappa shape index (κ2) is 8.70. The second-order valence-electron chi connectivity index (χ2n) is 9.70. The van der Waals surface area contributed by atoms with E-state index in [-0.39, 0.29) is 18.2 Å². The van der Waals surface area contributed by atoms with Gasteiger partial charge in [-0.05, 0) is 62.2 Å². The third-order valence-electron chi connectivity index (χ3n) is 7.17. The number of fused-ring (bicyclic) bond motifs is 5. The molecule has 2 bridgehead atoms. The minimum Gasteiger partial charge on any atom is -0.494 e. The van der Waals surface area contributed by atoms with E-state index in [2.05, 4.69) is 5.32 Å². The molecule has 198 valence electrons. The highest BCUT2D eigenvalue weighted by Gasteiger charge is 2.61. The molecule has 2 aliphatic rings. The van der Waals surface area contributed by atoms with Gasteiger partial charge in [0, 0.05) is 19.0 Å². The molecule has 0 unspecified atom stereocenters. The van der Waals surface area contributed by atoms with Crippen LogP contribution in [0.25, 0.3) is 5.69 Å². The summed E-state index contributed by atoms with van der Waals surface area (Å²) in [6.07, 6.45) is -3.44. The molecule has 1 aromatic heterocycles. The normalized spacial score (nSPS) is 21.7. The summed E-state index contributed by atoms with van der Waals surface area (Å²) in [5.41, 5.74) is -2.53. The molecule has 3 N–H and O–H groups in total. The lowest BCUT2D eigenvalue weighted by Gasteiger charge is -2.26. The van der Waals surface area contributed by atoms with Gasteiger partial charge in [0.05, 0.1) is 46.2 Å². The number of rotatable bonds is 6. The summed E-state index contributed by atoms with van der Waals surface area (Å²) in [5.74, 6) is -0.467. The highest BCUT2D eigenvalue weighted by molar-refractivity contribution is 5.88. The Balaban J connectivity index is 1.46. The average Bonchev–Trinajstić information content (AvgIpc) is 3.43. The Kier molecular flexibility index (Phi) is 5.83. The summed E-state index contributed by atoms with van der Waals surface area (Å²) < 4.78 is 53.9. The van der Waals surface area contributed by atoms with Gasteiger partial charge in [-0.2, -0.15) is 18.4 Å². The predicted octanol–water partition coefficient (Wildman–Crippen LogP) is 5.44. The van der Waals surface area contributed by atoms with Crippen LogP contribution in [0.5, 0.6) is 17.5 Å². The number of benzene rings is 2. The van der Waals surface area contributed by atoms with Gasteiger partial charge < -0.3 is 25.0 Å². The molecule has 3 heterocycles. The third kappa shape index (κ3) is 4.01. The van der Waals surface area contributed by atoms with Gasteiger partial charge in [0.15, 0.2) is 0 Å². The summed E-state index contributed by atoms with van der Waals surface area (Å²) in [6.45, 7) is 3.37. The number of nitriles is 1. The smallest absolute Gasteiger partial charge is 0.417 e. The Labute approximate surface area is 215 Å². The van der Waals surface area contributed by atoms with Crippen molar-refractivity contribution in [3.63, 3.8) is 0 Å². The first-order valence-corrected chi connectivity index (χ1v) is 11.9. The summed E-state index contributed by atoms with van der Waals surface area (Å²) in [6, 6.07) is 11.3. The van der Waals surface area contributed by atoms with Crippen molar-refractivity contribution in [1.29, 1.82) is 5.26 Å². The van der Waals surface area contributed by atoms with Crippen LogP contribution in [-0.4, -0.2) is 27.3 Å². The molecule has 2 atom stereocenters. The highest BCUT2D eigenvalue weighted by Crippen LogP contribution is 2.65. The fraction of sp³-hybridized carbons (Fsp3) is 0.333. The molecule has 11 heteroatoms. The number of hydrogen-bond acceptors (Lipinski definition) is 6. The van der Waals surface area contributed by atoms with Gasteiger partial charge in [-0.25, -0.2) is 0 Å². The summed E-state index contributed by atoms with van der Waals surface area (Å²) >= 11 is 0. The molecule has 5 rings (SSSR count). The second-order valence-corrected chi connectivity index (χ2v) is 9.70. The lowest BCUT2D eigenvalue weighted by atomic mass is 9.78. The monoisotopic (exact) mass is 527 g/mol. The topological polar surface area (TPSA) is 117 Å². The summed E-state index contributed by atoms with van der Waals surface area (Å²) in [4.78, 5) is 11.2. The molecule has 2 aromatic carbocycles. The van der Waals surface area contributed by atoms with Crippen molar-refractivity contribution in [2.24, 2.45) is 0 Å². The molecule has 3 aromatic rings. The van der Waals surface area contributed by atoms with Crippen LogP contribution in [0.4, 0.5) is 18.9 Å². The number of amides is 1. The molecule has 38 heavy (non-hydrogen) atoms. The molecule has 1 fully saturated rings. The zero-order valence-electron chi connectivity index (χ0n) is 20.5. The molecule has 0 saturated carbocycles. The molecule has 0 aliphatic carbocycles. The number of nitrogens with one attached hydrogen (secondary N) is 1.